The number of rotatable bonds is 6. The molecule has 1 aliphatic heterocycles. The molecule has 2 N–H and O–H groups in total. The molecule has 2 aliphatic rings. The third kappa shape index (κ3) is 4.58. The minimum absolute atomic E-state index is 0.234. The molecule has 0 bridgehead atoms. The molecule has 0 aromatic carbocycles. The molecule has 158 valence electrons. The van der Waals surface area contributed by atoms with Crippen LogP contribution in [-0.4, -0.2) is 57.1 Å². The molecule has 0 spiro atoms. The smallest absolute Gasteiger partial charge is 0.278 e. The normalized spacial score (nSPS) is 16.1. The van der Waals surface area contributed by atoms with Gasteiger partial charge in [0.15, 0.2) is 11.5 Å². The van der Waals surface area contributed by atoms with Crippen LogP contribution >= 0.6 is 0 Å². The molecule has 3 aromatic rings. The Morgan fingerprint density at radius 2 is 1.87 bits per heavy atom. The van der Waals surface area contributed by atoms with E-state index in [4.69, 9.17) is 4.74 Å². The van der Waals surface area contributed by atoms with Crippen molar-refractivity contribution in [2.24, 2.45) is 0 Å². The number of nitrogens with zero attached hydrogens (tertiary/aromatic N) is 6. The molecule has 0 atom stereocenters. The lowest BCUT2D eigenvalue weighted by Gasteiger charge is -2.28. The highest BCUT2D eigenvalue weighted by atomic mass is 16.5. The van der Waals surface area contributed by atoms with E-state index < -0.39 is 0 Å². The molecule has 1 saturated heterocycles. The van der Waals surface area contributed by atoms with E-state index >= 15 is 0 Å². The van der Waals surface area contributed by atoms with Crippen molar-refractivity contribution in [3.05, 3.63) is 54.6 Å². The Bertz CT molecular complexity index is 1070. The molecule has 1 amide bonds. The van der Waals surface area contributed by atoms with Crippen molar-refractivity contribution in [1.29, 1.82) is 0 Å². The Balaban J connectivity index is 1.39. The molecule has 4 heterocycles. The number of ether oxygens (including phenoxy) is 1. The number of amides is 1. The van der Waals surface area contributed by atoms with Crippen LogP contribution in [0.3, 0.4) is 0 Å². The van der Waals surface area contributed by atoms with Crippen LogP contribution in [0.5, 0.6) is 0 Å². The van der Waals surface area contributed by atoms with Crippen molar-refractivity contribution in [3.63, 3.8) is 0 Å². The summed E-state index contributed by atoms with van der Waals surface area (Å²) in [5, 5.41) is 6.03. The number of carbonyl (C=O) groups excluding carboxylic acids is 1. The van der Waals surface area contributed by atoms with Crippen molar-refractivity contribution < 1.29 is 9.53 Å². The largest absolute Gasteiger partial charge is 0.378 e. The van der Waals surface area contributed by atoms with Crippen molar-refractivity contribution >= 4 is 28.9 Å². The Labute approximate surface area is 179 Å². The van der Waals surface area contributed by atoms with E-state index in [1.807, 2.05) is 6.07 Å². The van der Waals surface area contributed by atoms with Crippen molar-refractivity contribution in [2.45, 2.75) is 18.8 Å². The van der Waals surface area contributed by atoms with Gasteiger partial charge in [0.25, 0.3) is 5.91 Å². The molecular weight excluding hydrogens is 396 g/mol. The van der Waals surface area contributed by atoms with Gasteiger partial charge in [0.05, 0.1) is 43.2 Å². The quantitative estimate of drug-likeness (QED) is 0.622. The van der Waals surface area contributed by atoms with E-state index in [1.54, 1.807) is 30.9 Å². The Hall–Kier alpha value is -3.66. The zero-order valence-electron chi connectivity index (χ0n) is 16.9. The lowest BCUT2D eigenvalue weighted by molar-refractivity contribution is 0.102. The number of pyridine rings is 1. The molecule has 5 rings (SSSR count). The number of anilines is 4. The third-order valence-electron chi connectivity index (χ3n) is 5.16. The second kappa shape index (κ2) is 8.60. The minimum atomic E-state index is -0.339. The minimum Gasteiger partial charge on any atom is -0.378 e. The molecule has 1 aliphatic carbocycles. The van der Waals surface area contributed by atoms with E-state index in [0.29, 0.717) is 36.3 Å². The van der Waals surface area contributed by atoms with Gasteiger partial charge < -0.3 is 20.3 Å². The first-order valence-electron chi connectivity index (χ1n) is 10.3. The van der Waals surface area contributed by atoms with Gasteiger partial charge in [-0.2, -0.15) is 0 Å². The van der Waals surface area contributed by atoms with Crippen LogP contribution < -0.4 is 15.5 Å². The number of aromatic nitrogens is 5. The van der Waals surface area contributed by atoms with Gasteiger partial charge in [-0.15, -0.1) is 0 Å². The Morgan fingerprint density at radius 1 is 1.06 bits per heavy atom. The molecule has 0 radical (unpaired) electrons. The predicted molar refractivity (Wildman–Crippen MR) is 115 cm³/mol. The molecule has 10 heteroatoms. The first kappa shape index (κ1) is 19.3. The van der Waals surface area contributed by atoms with Gasteiger partial charge in [-0.05, 0) is 18.9 Å². The summed E-state index contributed by atoms with van der Waals surface area (Å²) >= 11 is 0. The number of hydrogen-bond donors (Lipinski definition) is 2. The average molecular weight is 418 g/mol. The average Bonchev–Trinajstić information content (AvgIpc) is 3.66. The summed E-state index contributed by atoms with van der Waals surface area (Å²) in [6.07, 6.45) is 10.2. The summed E-state index contributed by atoms with van der Waals surface area (Å²) in [5.41, 5.74) is 2.35. The van der Waals surface area contributed by atoms with Crippen LogP contribution in [0.25, 0.3) is 0 Å². The first-order chi connectivity index (χ1) is 15.3. The molecule has 10 nitrogen and oxygen atoms in total. The zero-order valence-corrected chi connectivity index (χ0v) is 16.9. The monoisotopic (exact) mass is 418 g/mol. The molecule has 1 saturated carbocycles. The topological polar surface area (TPSA) is 118 Å². The number of hydrogen-bond acceptors (Lipinski definition) is 9. The van der Waals surface area contributed by atoms with Crippen LogP contribution in [0.4, 0.5) is 23.0 Å². The Morgan fingerprint density at radius 3 is 2.65 bits per heavy atom. The summed E-state index contributed by atoms with van der Waals surface area (Å²) in [7, 11) is 0. The molecule has 0 unspecified atom stereocenters. The number of morpholine rings is 1. The number of carbonyl (C=O) groups is 1. The molecule has 2 fully saturated rings. The van der Waals surface area contributed by atoms with Crippen LogP contribution in [0.2, 0.25) is 0 Å². The molecule has 3 aromatic heterocycles. The number of nitrogens with one attached hydrogen (secondary N) is 2. The first-order valence-corrected chi connectivity index (χ1v) is 10.3. The lowest BCUT2D eigenvalue weighted by atomic mass is 10.2. The van der Waals surface area contributed by atoms with Gasteiger partial charge in [-0.3, -0.25) is 4.79 Å². The summed E-state index contributed by atoms with van der Waals surface area (Å²) in [6, 6.07) is 3.62. The van der Waals surface area contributed by atoms with E-state index in [-0.39, 0.29) is 11.6 Å². The highest BCUT2D eigenvalue weighted by Crippen LogP contribution is 2.39. The molecule has 31 heavy (non-hydrogen) atoms. The van der Waals surface area contributed by atoms with Gasteiger partial charge in [0.1, 0.15) is 12.1 Å². The van der Waals surface area contributed by atoms with Crippen LogP contribution in [0, 0.1) is 0 Å². The lowest BCUT2D eigenvalue weighted by Crippen LogP contribution is -2.36. The summed E-state index contributed by atoms with van der Waals surface area (Å²) in [5.74, 6) is 1.20. The van der Waals surface area contributed by atoms with E-state index in [2.05, 4.69) is 40.5 Å². The second-order valence-electron chi connectivity index (χ2n) is 7.47. The summed E-state index contributed by atoms with van der Waals surface area (Å²) < 4.78 is 5.40. The Kier molecular flexibility index (Phi) is 5.36. The van der Waals surface area contributed by atoms with Crippen molar-refractivity contribution in [3.8, 4) is 0 Å². The predicted octanol–water partition coefficient (Wildman–Crippen LogP) is 2.37. The maximum absolute atomic E-state index is 13.2. The van der Waals surface area contributed by atoms with Gasteiger partial charge in [-0.1, -0.05) is 0 Å². The van der Waals surface area contributed by atoms with E-state index in [0.717, 1.165) is 37.4 Å². The fourth-order valence-corrected chi connectivity index (χ4v) is 3.38. The van der Waals surface area contributed by atoms with Crippen LogP contribution in [-0.2, 0) is 4.74 Å². The SMILES string of the molecule is O=C(Nc1ccnc(N2CCOCC2)c1)c1nc(C2CC2)cnc1Nc1cncnc1. The highest BCUT2D eigenvalue weighted by molar-refractivity contribution is 6.06. The highest BCUT2D eigenvalue weighted by Gasteiger charge is 2.28. The summed E-state index contributed by atoms with van der Waals surface area (Å²) in [4.78, 5) is 36.8. The van der Waals surface area contributed by atoms with Crippen molar-refractivity contribution in [1.82, 2.24) is 24.9 Å². The van der Waals surface area contributed by atoms with Crippen LogP contribution in [0.1, 0.15) is 34.9 Å². The fraction of sp³-hybridized carbons (Fsp3) is 0.333. The maximum Gasteiger partial charge on any atom is 0.278 e. The van der Waals surface area contributed by atoms with E-state index in [1.165, 1.54) is 6.33 Å². The van der Waals surface area contributed by atoms with Gasteiger partial charge in [0.2, 0.25) is 0 Å². The van der Waals surface area contributed by atoms with Gasteiger partial charge in [0, 0.05) is 37.0 Å². The standard InChI is InChI=1S/C21H22N8O2/c30-21(27-15-3-4-24-18(9-15)29-5-7-31-8-6-29)19-20(26-16-10-22-13-23-11-16)25-12-17(28-19)14-1-2-14/h3-4,9-14H,1-2,5-8H2,(H,25,26)(H,24,27,30). The molecular formula is C21H22N8O2. The second-order valence-corrected chi connectivity index (χ2v) is 7.47. The van der Waals surface area contributed by atoms with Crippen LogP contribution in [0.15, 0.2) is 43.2 Å². The van der Waals surface area contributed by atoms with Crippen molar-refractivity contribution in [2.75, 3.05) is 41.8 Å². The third-order valence-corrected chi connectivity index (χ3v) is 5.16. The fourth-order valence-electron chi connectivity index (χ4n) is 3.38. The van der Waals surface area contributed by atoms with E-state index in [9.17, 15) is 4.79 Å². The zero-order chi connectivity index (χ0) is 21.0. The maximum atomic E-state index is 13.2. The van der Waals surface area contributed by atoms with Gasteiger partial charge in [-0.25, -0.2) is 24.9 Å². The van der Waals surface area contributed by atoms with Gasteiger partial charge >= 0.3 is 0 Å². The summed E-state index contributed by atoms with van der Waals surface area (Å²) in [6.45, 7) is 2.87.